The maximum Gasteiger partial charge on any atom is 0.303 e. The summed E-state index contributed by atoms with van der Waals surface area (Å²) in [5, 5.41) is -0.208. The lowest BCUT2D eigenvalue weighted by Crippen LogP contribution is -2.57. The number of aliphatic imine (C=N–C) groups is 1. The van der Waals surface area contributed by atoms with Crippen LogP contribution in [0.3, 0.4) is 0 Å². The first-order chi connectivity index (χ1) is 14.6. The minimum absolute atomic E-state index is 0.0258. The van der Waals surface area contributed by atoms with Gasteiger partial charge in [0.05, 0.1) is 25.0 Å². The summed E-state index contributed by atoms with van der Waals surface area (Å²) in [5.41, 5.74) is 5.37. The first-order valence-electron chi connectivity index (χ1n) is 9.56. The number of thioether (sulfide) groups is 1. The van der Waals surface area contributed by atoms with Crippen molar-refractivity contribution in [1.29, 1.82) is 0 Å². The highest BCUT2D eigenvalue weighted by atomic mass is 32.2. The summed E-state index contributed by atoms with van der Waals surface area (Å²) in [6, 6.07) is 0. The highest BCUT2D eigenvalue weighted by molar-refractivity contribution is 8.00. The van der Waals surface area contributed by atoms with Crippen molar-refractivity contribution in [1.82, 2.24) is 0 Å². The predicted octanol–water partition coefficient (Wildman–Crippen LogP) is 0.0694. The van der Waals surface area contributed by atoms with Gasteiger partial charge in [0.2, 0.25) is 0 Å². The number of rotatable bonds is 5. The van der Waals surface area contributed by atoms with Gasteiger partial charge in [-0.2, -0.15) is 0 Å². The predicted molar refractivity (Wildman–Crippen MR) is 111 cm³/mol. The number of esters is 3. The molecule has 0 amide bonds. The van der Waals surface area contributed by atoms with E-state index in [4.69, 9.17) is 46.4 Å². The third-order valence-electron chi connectivity index (χ3n) is 4.67. The van der Waals surface area contributed by atoms with Crippen LogP contribution in [0.2, 0.25) is 0 Å². The fraction of sp³-hybridized carbons (Fsp3) is 0.722. The molecule has 3 heterocycles. The molecule has 0 saturated carbocycles. The van der Waals surface area contributed by atoms with E-state index in [1.54, 1.807) is 0 Å². The van der Waals surface area contributed by atoms with Gasteiger partial charge in [0.1, 0.15) is 5.44 Å². The monoisotopic (exact) mass is 476 g/mol. The van der Waals surface area contributed by atoms with Crippen molar-refractivity contribution < 1.29 is 42.8 Å². The van der Waals surface area contributed by atoms with Crippen LogP contribution >= 0.6 is 24.0 Å². The Morgan fingerprint density at radius 3 is 2.29 bits per heavy atom. The Hall–Kier alpha value is -1.80. The van der Waals surface area contributed by atoms with Crippen LogP contribution in [0.5, 0.6) is 0 Å². The molecule has 7 atom stereocenters. The number of fused-ring (bicyclic) bond motifs is 2. The van der Waals surface area contributed by atoms with Crippen LogP contribution in [0.25, 0.3) is 0 Å². The molecule has 13 heteroatoms. The highest BCUT2D eigenvalue weighted by Crippen LogP contribution is 2.39. The first kappa shape index (κ1) is 23.9. The summed E-state index contributed by atoms with van der Waals surface area (Å²) in [6.07, 6.45) is -3.34. The zero-order valence-electron chi connectivity index (χ0n) is 17.2. The van der Waals surface area contributed by atoms with E-state index in [0.29, 0.717) is 18.7 Å². The average molecular weight is 477 g/mol. The molecule has 0 unspecified atom stereocenters. The quantitative estimate of drug-likeness (QED) is 0.325. The van der Waals surface area contributed by atoms with Crippen LogP contribution < -0.4 is 5.73 Å². The molecular weight excluding hydrogens is 452 g/mol. The standard InChI is InChI=1S/C18H24N2O9S2/c1-7(21)26-12-6-25-17(15(28-9(3)23)14(12)27-8(2)22)31-13-4-10(20-18(19)30)16-24-5-11(13)29-16/h11-17H,4-6H2,1-3H3,(H2,19,30)/b20-10-/t11-,12+,13-,14+,15-,16-,17+/m1/s1. The molecule has 3 aliphatic heterocycles. The van der Waals surface area contributed by atoms with E-state index >= 15 is 0 Å². The molecule has 2 N–H and O–H groups in total. The summed E-state index contributed by atoms with van der Waals surface area (Å²) in [6.45, 7) is 3.97. The summed E-state index contributed by atoms with van der Waals surface area (Å²) in [5.74, 6) is -1.78. The Morgan fingerprint density at radius 2 is 1.68 bits per heavy atom. The van der Waals surface area contributed by atoms with Crippen LogP contribution in [0, 0.1) is 0 Å². The summed E-state index contributed by atoms with van der Waals surface area (Å²) in [7, 11) is 0. The van der Waals surface area contributed by atoms with Gasteiger partial charge >= 0.3 is 17.9 Å². The number of ether oxygens (including phenoxy) is 6. The van der Waals surface area contributed by atoms with E-state index in [1.807, 2.05) is 0 Å². The lowest BCUT2D eigenvalue weighted by molar-refractivity contribution is -0.213. The molecule has 2 bridgehead atoms. The van der Waals surface area contributed by atoms with Crippen LogP contribution in [0.15, 0.2) is 4.99 Å². The average Bonchev–Trinajstić information content (AvgIpc) is 3.07. The molecule has 31 heavy (non-hydrogen) atoms. The van der Waals surface area contributed by atoms with Gasteiger partial charge in [-0.05, 0) is 12.2 Å². The third-order valence-corrected chi connectivity index (χ3v) is 6.26. The van der Waals surface area contributed by atoms with Crippen LogP contribution in [0.4, 0.5) is 0 Å². The second kappa shape index (κ2) is 10.2. The van der Waals surface area contributed by atoms with Crippen molar-refractivity contribution in [3.05, 3.63) is 0 Å². The molecule has 0 spiro atoms. The number of carbonyl (C=O) groups excluding carboxylic acids is 3. The van der Waals surface area contributed by atoms with Crippen molar-refractivity contribution in [2.45, 2.75) is 68.6 Å². The molecule has 0 aromatic heterocycles. The van der Waals surface area contributed by atoms with Crippen molar-refractivity contribution in [3.8, 4) is 0 Å². The van der Waals surface area contributed by atoms with Gasteiger partial charge in [0.15, 0.2) is 29.7 Å². The van der Waals surface area contributed by atoms with Crippen molar-refractivity contribution in [3.63, 3.8) is 0 Å². The van der Waals surface area contributed by atoms with Gasteiger partial charge in [-0.25, -0.2) is 4.99 Å². The molecule has 11 nitrogen and oxygen atoms in total. The number of nitrogens with two attached hydrogens (primary N) is 1. The fourth-order valence-electron chi connectivity index (χ4n) is 3.60. The van der Waals surface area contributed by atoms with Crippen LogP contribution in [-0.2, 0) is 42.8 Å². The number of thiocarbonyl (C=S) groups is 1. The van der Waals surface area contributed by atoms with Gasteiger partial charge in [-0.3, -0.25) is 14.4 Å². The van der Waals surface area contributed by atoms with Gasteiger partial charge in [0, 0.05) is 32.4 Å². The van der Waals surface area contributed by atoms with Crippen molar-refractivity contribution in [2.24, 2.45) is 10.7 Å². The number of carbonyl (C=O) groups is 3. The molecular formula is C18H24N2O9S2. The number of nitrogens with zero attached hydrogens (tertiary/aromatic N) is 1. The second-order valence-electron chi connectivity index (χ2n) is 7.16. The van der Waals surface area contributed by atoms with Crippen molar-refractivity contribution >= 4 is 52.7 Å². The maximum absolute atomic E-state index is 11.8. The SMILES string of the molecule is CC(=O)O[C@@H]1[C@@H](OC(C)=O)[C@H](S[C@@H]2C/C(=N/C(N)=S)[C@@H]3OC[C@H]2O3)OC[C@@H]1OC(C)=O. The van der Waals surface area contributed by atoms with Gasteiger partial charge in [-0.15, -0.1) is 11.8 Å². The topological polar surface area (TPSA) is 145 Å². The minimum Gasteiger partial charge on any atom is -0.456 e. The lowest BCUT2D eigenvalue weighted by Gasteiger charge is -2.42. The Balaban J connectivity index is 1.81. The largest absolute Gasteiger partial charge is 0.456 e. The van der Waals surface area contributed by atoms with E-state index in [1.165, 1.54) is 32.5 Å². The van der Waals surface area contributed by atoms with Gasteiger partial charge in [0.25, 0.3) is 0 Å². The smallest absolute Gasteiger partial charge is 0.303 e. The molecule has 172 valence electrons. The molecule has 0 aliphatic carbocycles. The van der Waals surface area contributed by atoms with Crippen molar-refractivity contribution in [2.75, 3.05) is 13.2 Å². The Kier molecular flexibility index (Phi) is 7.86. The molecule has 3 fully saturated rings. The van der Waals surface area contributed by atoms with E-state index < -0.39 is 47.9 Å². The normalized spacial score (nSPS) is 36.0. The van der Waals surface area contributed by atoms with E-state index in [-0.39, 0.29) is 23.1 Å². The number of hydrogen-bond acceptors (Lipinski definition) is 11. The zero-order chi connectivity index (χ0) is 22.7. The first-order valence-corrected chi connectivity index (χ1v) is 10.9. The van der Waals surface area contributed by atoms with E-state index in [0.717, 1.165) is 0 Å². The molecule has 3 aliphatic rings. The van der Waals surface area contributed by atoms with Crippen LogP contribution in [0.1, 0.15) is 27.2 Å². The van der Waals surface area contributed by atoms with E-state index in [2.05, 4.69) is 4.99 Å². The third kappa shape index (κ3) is 6.13. The lowest BCUT2D eigenvalue weighted by atomic mass is 10.1. The summed E-state index contributed by atoms with van der Waals surface area (Å²) < 4.78 is 33.4. The zero-order valence-corrected chi connectivity index (χ0v) is 18.8. The summed E-state index contributed by atoms with van der Waals surface area (Å²) in [4.78, 5) is 39.1. The molecule has 3 saturated heterocycles. The van der Waals surface area contributed by atoms with E-state index in [9.17, 15) is 14.4 Å². The fourth-order valence-corrected chi connectivity index (χ4v) is 5.17. The Bertz CT molecular complexity index is 777. The van der Waals surface area contributed by atoms with Gasteiger partial charge < -0.3 is 34.2 Å². The molecule has 0 aromatic carbocycles. The Labute approximate surface area is 188 Å². The highest BCUT2D eigenvalue weighted by Gasteiger charge is 2.50. The second-order valence-corrected chi connectivity index (χ2v) is 8.92. The maximum atomic E-state index is 11.8. The molecule has 0 aromatic rings. The summed E-state index contributed by atoms with van der Waals surface area (Å²) >= 11 is 6.19. The molecule has 0 radical (unpaired) electrons. The van der Waals surface area contributed by atoms with Crippen LogP contribution in [-0.4, -0.2) is 83.3 Å². The number of hydrogen-bond donors (Lipinski definition) is 1. The Morgan fingerprint density at radius 1 is 1.03 bits per heavy atom. The molecule has 3 rings (SSSR count). The van der Waals surface area contributed by atoms with Gasteiger partial charge in [-0.1, -0.05) is 0 Å². The minimum atomic E-state index is -1.03.